The van der Waals surface area contributed by atoms with Gasteiger partial charge in [0, 0.05) is 10.9 Å². The molecule has 5 nitrogen and oxygen atoms in total. The van der Waals surface area contributed by atoms with Gasteiger partial charge >= 0.3 is 0 Å². The monoisotopic (exact) mass is 464 g/mol. The lowest BCUT2D eigenvalue weighted by atomic mass is 10.0. The molecule has 0 spiro atoms. The number of benzene rings is 4. The number of ether oxygens (including phenoxy) is 1. The van der Waals surface area contributed by atoms with Gasteiger partial charge in [-0.05, 0) is 54.6 Å². The van der Waals surface area contributed by atoms with Crippen molar-refractivity contribution < 1.29 is 14.3 Å². The Balaban J connectivity index is 1.72. The van der Waals surface area contributed by atoms with E-state index < -0.39 is 0 Å². The van der Waals surface area contributed by atoms with Crippen LogP contribution in [0.4, 0.5) is 0 Å². The summed E-state index contributed by atoms with van der Waals surface area (Å²) in [5.41, 5.74) is 2.41. The second-order valence-corrected chi connectivity index (χ2v) is 8.12. The predicted octanol–water partition coefficient (Wildman–Crippen LogP) is 5.89. The van der Waals surface area contributed by atoms with Gasteiger partial charge in [-0.2, -0.15) is 0 Å². The molecule has 4 aromatic rings. The van der Waals surface area contributed by atoms with Crippen molar-refractivity contribution in [2.75, 3.05) is 6.61 Å². The molecule has 2 N–H and O–H groups in total. The minimum Gasteiger partial charge on any atom is -0.493 e. The number of nitrogens with one attached hydrogen (secondary N) is 2. The van der Waals surface area contributed by atoms with E-state index in [2.05, 4.69) is 10.6 Å². The van der Waals surface area contributed by atoms with Crippen molar-refractivity contribution in [1.82, 2.24) is 10.6 Å². The Hall–Kier alpha value is -4.38. The van der Waals surface area contributed by atoms with Crippen molar-refractivity contribution in [3.05, 3.63) is 119 Å². The Kier molecular flexibility index (Phi) is 7.58. The lowest BCUT2D eigenvalue weighted by molar-refractivity contribution is -0.118. The fraction of sp³-hybridized carbons (Fsp3) is 0.133. The first-order valence-corrected chi connectivity index (χ1v) is 11.6. The maximum Gasteiger partial charge on any atom is 0.268 e. The van der Waals surface area contributed by atoms with E-state index in [1.54, 1.807) is 30.3 Å². The SMILES string of the molecule is CCOc1ccc(/C=C(\NC(=O)c2ccccc2)C(=O)NC(C)c2ccccc2)c2ccccc12. The molecule has 4 aromatic carbocycles. The molecule has 0 aliphatic heterocycles. The second kappa shape index (κ2) is 11.2. The lowest BCUT2D eigenvalue weighted by Gasteiger charge is -2.17. The van der Waals surface area contributed by atoms with Crippen molar-refractivity contribution in [3.63, 3.8) is 0 Å². The van der Waals surface area contributed by atoms with Gasteiger partial charge in [0.25, 0.3) is 11.8 Å². The Morgan fingerprint density at radius 1 is 0.829 bits per heavy atom. The highest BCUT2D eigenvalue weighted by Gasteiger charge is 2.18. The van der Waals surface area contributed by atoms with Gasteiger partial charge in [-0.3, -0.25) is 9.59 Å². The molecule has 0 aliphatic rings. The van der Waals surface area contributed by atoms with Crippen molar-refractivity contribution in [1.29, 1.82) is 0 Å². The van der Waals surface area contributed by atoms with Gasteiger partial charge in [0.15, 0.2) is 0 Å². The number of carbonyl (C=O) groups is 2. The van der Waals surface area contributed by atoms with Crippen LogP contribution < -0.4 is 15.4 Å². The Morgan fingerprint density at radius 3 is 2.14 bits per heavy atom. The number of rotatable bonds is 8. The molecule has 0 aromatic heterocycles. The lowest BCUT2D eigenvalue weighted by Crippen LogP contribution is -2.36. The molecule has 0 fully saturated rings. The number of amides is 2. The molecule has 0 heterocycles. The van der Waals surface area contributed by atoms with Crippen molar-refractivity contribution >= 4 is 28.7 Å². The summed E-state index contributed by atoms with van der Waals surface area (Å²) in [5, 5.41) is 7.69. The van der Waals surface area contributed by atoms with Gasteiger partial charge in [0.05, 0.1) is 12.6 Å². The van der Waals surface area contributed by atoms with E-state index in [0.717, 1.165) is 27.6 Å². The molecule has 4 rings (SSSR count). The van der Waals surface area contributed by atoms with Gasteiger partial charge in [-0.1, -0.05) is 78.9 Å². The van der Waals surface area contributed by atoms with E-state index in [-0.39, 0.29) is 23.6 Å². The third-order valence-corrected chi connectivity index (χ3v) is 5.69. The molecule has 0 aliphatic carbocycles. The molecular formula is C30H28N2O3. The topological polar surface area (TPSA) is 67.4 Å². The van der Waals surface area contributed by atoms with Crippen LogP contribution in [-0.2, 0) is 4.79 Å². The molecule has 35 heavy (non-hydrogen) atoms. The highest BCUT2D eigenvalue weighted by atomic mass is 16.5. The number of hydrogen-bond acceptors (Lipinski definition) is 3. The zero-order valence-electron chi connectivity index (χ0n) is 19.8. The average Bonchev–Trinajstić information content (AvgIpc) is 2.90. The third kappa shape index (κ3) is 5.76. The van der Waals surface area contributed by atoms with E-state index in [1.165, 1.54) is 0 Å². The summed E-state index contributed by atoms with van der Waals surface area (Å²) in [5.74, 6) is 0.0514. The van der Waals surface area contributed by atoms with Gasteiger partial charge < -0.3 is 15.4 Å². The van der Waals surface area contributed by atoms with E-state index in [4.69, 9.17) is 4.74 Å². The van der Waals surface area contributed by atoms with E-state index in [0.29, 0.717) is 12.2 Å². The average molecular weight is 465 g/mol. The van der Waals surface area contributed by atoms with Crippen LogP contribution in [0.1, 0.15) is 41.4 Å². The summed E-state index contributed by atoms with van der Waals surface area (Å²) in [7, 11) is 0. The first kappa shape index (κ1) is 23.8. The highest BCUT2D eigenvalue weighted by molar-refractivity contribution is 6.07. The van der Waals surface area contributed by atoms with Crippen LogP contribution in [0.3, 0.4) is 0 Å². The fourth-order valence-corrected chi connectivity index (χ4v) is 3.90. The zero-order valence-corrected chi connectivity index (χ0v) is 19.8. The predicted molar refractivity (Wildman–Crippen MR) is 140 cm³/mol. The van der Waals surface area contributed by atoms with Crippen LogP contribution >= 0.6 is 0 Å². The molecule has 5 heteroatoms. The van der Waals surface area contributed by atoms with Gasteiger partial charge in [-0.15, -0.1) is 0 Å². The first-order chi connectivity index (χ1) is 17.1. The van der Waals surface area contributed by atoms with E-state index >= 15 is 0 Å². The maximum atomic E-state index is 13.4. The third-order valence-electron chi connectivity index (χ3n) is 5.69. The fourth-order valence-electron chi connectivity index (χ4n) is 3.90. The van der Waals surface area contributed by atoms with Gasteiger partial charge in [0.2, 0.25) is 0 Å². The number of hydrogen-bond donors (Lipinski definition) is 2. The molecule has 1 atom stereocenters. The summed E-state index contributed by atoms with van der Waals surface area (Å²) in [6.45, 7) is 4.41. The Morgan fingerprint density at radius 2 is 1.46 bits per heavy atom. The maximum absolute atomic E-state index is 13.4. The molecule has 1 unspecified atom stereocenters. The van der Waals surface area contributed by atoms with Crippen LogP contribution in [0.15, 0.2) is 103 Å². The summed E-state index contributed by atoms with van der Waals surface area (Å²) < 4.78 is 5.78. The minimum atomic E-state index is -0.372. The zero-order chi connectivity index (χ0) is 24.6. The van der Waals surface area contributed by atoms with Crippen LogP contribution in [-0.4, -0.2) is 18.4 Å². The largest absolute Gasteiger partial charge is 0.493 e. The highest BCUT2D eigenvalue weighted by Crippen LogP contribution is 2.30. The Labute approximate surface area is 205 Å². The van der Waals surface area contributed by atoms with Crippen molar-refractivity contribution in [3.8, 4) is 5.75 Å². The van der Waals surface area contributed by atoms with Crippen LogP contribution in [0, 0.1) is 0 Å². The molecule has 2 amide bonds. The minimum absolute atomic E-state index is 0.163. The Bertz CT molecular complexity index is 1350. The summed E-state index contributed by atoms with van der Waals surface area (Å²) in [6.07, 6.45) is 1.71. The van der Waals surface area contributed by atoms with Gasteiger partial charge in [-0.25, -0.2) is 0 Å². The van der Waals surface area contributed by atoms with E-state index in [1.807, 2.05) is 86.6 Å². The van der Waals surface area contributed by atoms with Gasteiger partial charge in [0.1, 0.15) is 11.4 Å². The smallest absolute Gasteiger partial charge is 0.268 e. The molecule has 0 saturated heterocycles. The summed E-state index contributed by atoms with van der Waals surface area (Å²) in [4.78, 5) is 26.3. The van der Waals surface area contributed by atoms with Crippen LogP contribution in [0.25, 0.3) is 16.8 Å². The molecule has 0 bridgehead atoms. The molecule has 176 valence electrons. The van der Waals surface area contributed by atoms with Crippen LogP contribution in [0.5, 0.6) is 5.75 Å². The summed E-state index contributed by atoms with van der Waals surface area (Å²) in [6, 6.07) is 29.9. The quantitative estimate of drug-likeness (QED) is 0.320. The molecule has 0 radical (unpaired) electrons. The normalized spacial score (nSPS) is 12.1. The molecule has 0 saturated carbocycles. The number of fused-ring (bicyclic) bond motifs is 1. The van der Waals surface area contributed by atoms with Crippen LogP contribution in [0.2, 0.25) is 0 Å². The van der Waals surface area contributed by atoms with Crippen molar-refractivity contribution in [2.24, 2.45) is 0 Å². The second-order valence-electron chi connectivity index (χ2n) is 8.12. The van der Waals surface area contributed by atoms with E-state index in [9.17, 15) is 9.59 Å². The first-order valence-electron chi connectivity index (χ1n) is 11.6. The standard InChI is InChI=1S/C30H28N2O3/c1-3-35-28-19-18-24(25-16-10-11-17-26(25)28)20-27(32-29(33)23-14-8-5-9-15-23)30(34)31-21(2)22-12-6-4-7-13-22/h4-21H,3H2,1-2H3,(H,31,34)(H,32,33)/b27-20-. The van der Waals surface area contributed by atoms with Crippen molar-refractivity contribution in [2.45, 2.75) is 19.9 Å². The summed E-state index contributed by atoms with van der Waals surface area (Å²) >= 11 is 0. The number of carbonyl (C=O) groups excluding carboxylic acids is 2. The molecular weight excluding hydrogens is 436 g/mol.